The number of carbonyl (C=O) groups is 2. The van der Waals surface area contributed by atoms with Crippen LogP contribution in [0, 0.1) is 0 Å². The Kier molecular flexibility index (Phi) is 3.63. The maximum atomic E-state index is 11.5. The molecule has 1 atom stereocenters. The van der Waals surface area contributed by atoms with Crippen LogP contribution in [0.5, 0.6) is 0 Å². The number of urea groups is 1. The van der Waals surface area contributed by atoms with Gasteiger partial charge in [0.1, 0.15) is 0 Å². The number of amides is 3. The lowest BCUT2D eigenvalue weighted by Gasteiger charge is -2.23. The van der Waals surface area contributed by atoms with Crippen LogP contribution < -0.4 is 21.3 Å². The zero-order valence-corrected chi connectivity index (χ0v) is 10.1. The van der Waals surface area contributed by atoms with E-state index >= 15 is 0 Å². The Morgan fingerprint density at radius 3 is 2.76 bits per heavy atom. The molecule has 0 aromatic rings. The number of nitrogens with one attached hydrogen (secondary N) is 4. The maximum absolute atomic E-state index is 11.5. The smallest absolute Gasteiger partial charge is 0.321 e. The molecule has 4 N–H and O–H groups in total. The number of imide groups is 1. The molecule has 6 heteroatoms. The van der Waals surface area contributed by atoms with Crippen molar-refractivity contribution in [2.45, 2.75) is 37.8 Å². The van der Waals surface area contributed by atoms with Crippen LogP contribution in [0.2, 0.25) is 0 Å². The van der Waals surface area contributed by atoms with Gasteiger partial charge in [-0.05, 0) is 32.7 Å². The molecule has 0 radical (unpaired) electrons. The second-order valence-corrected chi connectivity index (χ2v) is 5.14. The normalized spacial score (nSPS) is 27.8. The zero-order chi connectivity index (χ0) is 12.3. The van der Waals surface area contributed by atoms with E-state index in [9.17, 15) is 9.59 Å². The van der Waals surface area contributed by atoms with Gasteiger partial charge in [0.05, 0.1) is 6.54 Å². The van der Waals surface area contributed by atoms with E-state index in [0.717, 1.165) is 32.4 Å². The van der Waals surface area contributed by atoms with Gasteiger partial charge in [0.2, 0.25) is 5.91 Å². The Morgan fingerprint density at radius 2 is 2.18 bits per heavy atom. The molecule has 6 nitrogen and oxygen atoms in total. The van der Waals surface area contributed by atoms with E-state index in [2.05, 4.69) is 28.2 Å². The van der Waals surface area contributed by atoms with Crippen LogP contribution in [0.1, 0.15) is 26.2 Å². The SMILES string of the molecule is CC1(NCC(=O)NC(=O)NC2CC2)CCNC1. The molecule has 1 saturated carbocycles. The maximum Gasteiger partial charge on any atom is 0.321 e. The highest BCUT2D eigenvalue weighted by molar-refractivity contribution is 5.95. The van der Waals surface area contributed by atoms with Crippen LogP contribution in [0.4, 0.5) is 4.79 Å². The van der Waals surface area contributed by atoms with E-state index in [1.807, 2.05) is 0 Å². The fraction of sp³-hybridized carbons (Fsp3) is 0.818. The summed E-state index contributed by atoms with van der Waals surface area (Å²) in [5.41, 5.74) is -0.0374. The second kappa shape index (κ2) is 5.01. The molecule has 17 heavy (non-hydrogen) atoms. The summed E-state index contributed by atoms with van der Waals surface area (Å²) in [7, 11) is 0. The molecule has 0 spiro atoms. The van der Waals surface area contributed by atoms with E-state index in [1.54, 1.807) is 0 Å². The summed E-state index contributed by atoms with van der Waals surface area (Å²) >= 11 is 0. The molecule has 2 fully saturated rings. The quantitative estimate of drug-likeness (QED) is 0.524. The summed E-state index contributed by atoms with van der Waals surface area (Å²) in [4.78, 5) is 22.8. The first kappa shape index (κ1) is 12.3. The van der Waals surface area contributed by atoms with Crippen LogP contribution in [0.15, 0.2) is 0 Å². The lowest BCUT2D eigenvalue weighted by atomic mass is 10.0. The minimum atomic E-state index is -0.381. The van der Waals surface area contributed by atoms with Crippen molar-refractivity contribution >= 4 is 11.9 Å². The first-order valence-electron chi connectivity index (χ1n) is 6.13. The Labute approximate surface area is 101 Å². The van der Waals surface area contributed by atoms with Gasteiger partial charge in [-0.15, -0.1) is 0 Å². The Bertz CT molecular complexity index is 309. The standard InChI is InChI=1S/C11H20N4O2/c1-11(4-5-12-7-11)13-6-9(16)15-10(17)14-8-2-3-8/h8,12-13H,2-7H2,1H3,(H2,14,15,16,17). The van der Waals surface area contributed by atoms with Crippen molar-refractivity contribution in [3.8, 4) is 0 Å². The molecule has 2 aliphatic rings. The van der Waals surface area contributed by atoms with E-state index in [0.29, 0.717) is 0 Å². The molecule has 0 aromatic heterocycles. The molecule has 0 aromatic carbocycles. The van der Waals surface area contributed by atoms with E-state index in [1.165, 1.54) is 0 Å². The number of hydrogen-bond acceptors (Lipinski definition) is 4. The molecular weight excluding hydrogens is 220 g/mol. The van der Waals surface area contributed by atoms with Crippen molar-refractivity contribution in [2.75, 3.05) is 19.6 Å². The third-order valence-electron chi connectivity index (χ3n) is 3.21. The van der Waals surface area contributed by atoms with Crippen molar-refractivity contribution in [2.24, 2.45) is 0 Å². The monoisotopic (exact) mass is 240 g/mol. The summed E-state index contributed by atoms with van der Waals surface area (Å²) in [6, 6.07) is -0.110. The summed E-state index contributed by atoms with van der Waals surface area (Å²) in [5, 5.41) is 11.4. The predicted octanol–water partition coefficient (Wildman–Crippen LogP) is -0.684. The Hall–Kier alpha value is -1.14. The number of rotatable bonds is 4. The van der Waals surface area contributed by atoms with Gasteiger partial charge in [-0.1, -0.05) is 0 Å². The molecule has 1 aliphatic carbocycles. The van der Waals surface area contributed by atoms with E-state index in [-0.39, 0.29) is 30.1 Å². The lowest BCUT2D eigenvalue weighted by Crippen LogP contribution is -2.50. The van der Waals surface area contributed by atoms with Crippen molar-refractivity contribution in [3.63, 3.8) is 0 Å². The van der Waals surface area contributed by atoms with Crippen LogP contribution in [-0.4, -0.2) is 43.2 Å². The largest absolute Gasteiger partial charge is 0.335 e. The highest BCUT2D eigenvalue weighted by Crippen LogP contribution is 2.18. The topological polar surface area (TPSA) is 82.3 Å². The molecule has 1 heterocycles. The highest BCUT2D eigenvalue weighted by atomic mass is 16.2. The van der Waals surface area contributed by atoms with E-state index < -0.39 is 0 Å². The fourth-order valence-electron chi connectivity index (χ4n) is 1.88. The van der Waals surface area contributed by atoms with Crippen molar-refractivity contribution in [1.29, 1.82) is 0 Å². The van der Waals surface area contributed by atoms with Crippen molar-refractivity contribution < 1.29 is 9.59 Å². The van der Waals surface area contributed by atoms with Gasteiger partial charge in [0, 0.05) is 18.1 Å². The first-order chi connectivity index (χ1) is 8.07. The lowest BCUT2D eigenvalue weighted by molar-refractivity contribution is -0.119. The molecule has 2 rings (SSSR count). The second-order valence-electron chi connectivity index (χ2n) is 5.14. The summed E-state index contributed by atoms with van der Waals surface area (Å²) in [6.07, 6.45) is 3.03. The number of hydrogen-bond donors (Lipinski definition) is 4. The van der Waals surface area contributed by atoms with Crippen molar-refractivity contribution in [3.05, 3.63) is 0 Å². The van der Waals surface area contributed by atoms with E-state index in [4.69, 9.17) is 0 Å². The summed E-state index contributed by atoms with van der Waals surface area (Å²) in [5.74, 6) is -0.281. The predicted molar refractivity (Wildman–Crippen MR) is 63.6 cm³/mol. The summed E-state index contributed by atoms with van der Waals surface area (Å²) < 4.78 is 0. The van der Waals surface area contributed by atoms with Gasteiger partial charge >= 0.3 is 6.03 Å². The minimum Gasteiger partial charge on any atom is -0.335 e. The first-order valence-corrected chi connectivity index (χ1v) is 6.13. The molecule has 96 valence electrons. The fourth-order valence-corrected chi connectivity index (χ4v) is 1.88. The van der Waals surface area contributed by atoms with Gasteiger partial charge in [0.25, 0.3) is 0 Å². The third kappa shape index (κ3) is 3.98. The van der Waals surface area contributed by atoms with Gasteiger partial charge in [0.15, 0.2) is 0 Å². The Morgan fingerprint density at radius 1 is 1.41 bits per heavy atom. The van der Waals surface area contributed by atoms with Crippen LogP contribution in [-0.2, 0) is 4.79 Å². The highest BCUT2D eigenvalue weighted by Gasteiger charge is 2.28. The van der Waals surface area contributed by atoms with Crippen LogP contribution in [0.3, 0.4) is 0 Å². The molecule has 3 amide bonds. The van der Waals surface area contributed by atoms with Crippen molar-refractivity contribution in [1.82, 2.24) is 21.3 Å². The molecule has 1 saturated heterocycles. The molecular formula is C11H20N4O2. The van der Waals surface area contributed by atoms with Gasteiger partial charge < -0.3 is 16.0 Å². The van der Waals surface area contributed by atoms with Crippen LogP contribution >= 0.6 is 0 Å². The average molecular weight is 240 g/mol. The Balaban J connectivity index is 1.64. The zero-order valence-electron chi connectivity index (χ0n) is 10.1. The van der Waals surface area contributed by atoms with Gasteiger partial charge in [-0.2, -0.15) is 0 Å². The molecule has 0 bridgehead atoms. The molecule has 1 aliphatic heterocycles. The van der Waals surface area contributed by atoms with Gasteiger partial charge in [-0.25, -0.2) is 4.79 Å². The third-order valence-corrected chi connectivity index (χ3v) is 3.21. The number of carbonyl (C=O) groups excluding carboxylic acids is 2. The van der Waals surface area contributed by atoms with Crippen LogP contribution in [0.25, 0.3) is 0 Å². The van der Waals surface area contributed by atoms with Gasteiger partial charge in [-0.3, -0.25) is 10.1 Å². The minimum absolute atomic E-state index is 0.0374. The average Bonchev–Trinajstić information content (AvgIpc) is 2.96. The summed E-state index contributed by atoms with van der Waals surface area (Å²) in [6.45, 7) is 4.07. The molecule has 1 unspecified atom stereocenters.